The van der Waals surface area contributed by atoms with Crippen molar-refractivity contribution in [3.05, 3.63) is 0 Å². The van der Waals surface area contributed by atoms with E-state index in [9.17, 15) is 19.2 Å². The maximum absolute atomic E-state index is 12.8. The van der Waals surface area contributed by atoms with Gasteiger partial charge in [0.2, 0.25) is 11.8 Å². The van der Waals surface area contributed by atoms with E-state index in [2.05, 4.69) is 24.5 Å². The van der Waals surface area contributed by atoms with Gasteiger partial charge in [-0.1, -0.05) is 181 Å². The van der Waals surface area contributed by atoms with Crippen molar-refractivity contribution in [2.24, 2.45) is 0 Å². The van der Waals surface area contributed by atoms with Crippen molar-refractivity contribution in [2.75, 3.05) is 13.2 Å². The van der Waals surface area contributed by atoms with Gasteiger partial charge in [-0.15, -0.1) is 0 Å². The number of unbranched alkanes of at least 4 members (excludes halogenated alkanes) is 27. The summed E-state index contributed by atoms with van der Waals surface area (Å²) < 4.78 is 6.03. The van der Waals surface area contributed by atoms with Crippen molar-refractivity contribution in [3.8, 4) is 0 Å². The van der Waals surface area contributed by atoms with Crippen LogP contribution in [0.25, 0.3) is 0 Å². The van der Waals surface area contributed by atoms with Gasteiger partial charge in [-0.3, -0.25) is 14.4 Å². The summed E-state index contributed by atoms with van der Waals surface area (Å²) in [6.07, 6.45) is 39.9. The highest BCUT2D eigenvalue weighted by Gasteiger charge is 2.19. The Labute approximate surface area is 325 Å². The number of amides is 2. The number of rotatable bonds is 41. The normalized spacial score (nSPS) is 12.4. The van der Waals surface area contributed by atoms with Crippen molar-refractivity contribution in [1.82, 2.24) is 10.6 Å². The molecule has 0 aromatic rings. The van der Waals surface area contributed by atoms with Crippen LogP contribution in [0.4, 0.5) is 0 Å². The summed E-state index contributed by atoms with van der Waals surface area (Å²) in [6.45, 7) is 3.50. The van der Waals surface area contributed by atoms with Crippen LogP contribution < -0.4 is 10.6 Å². The molecule has 0 aliphatic rings. The fourth-order valence-corrected chi connectivity index (χ4v) is 6.89. The molecule has 0 saturated carbocycles. The van der Waals surface area contributed by atoms with Crippen LogP contribution in [0, 0.1) is 0 Å². The van der Waals surface area contributed by atoms with Crippen LogP contribution in [0.2, 0.25) is 0 Å². The SMILES string of the molecule is CCCCCCCCCCCCCCCCCC(=O)OC(CCCCCCCCCCCC)CCCCCCCC(=O)NCC(=O)NC(CO)C(=O)O. The molecule has 0 heterocycles. The molecular weight excluding hydrogens is 668 g/mol. The third-order valence-electron chi connectivity index (χ3n) is 10.4. The number of nitrogens with one attached hydrogen (secondary N) is 2. The Morgan fingerprint density at radius 2 is 0.849 bits per heavy atom. The number of esters is 1. The third-order valence-corrected chi connectivity index (χ3v) is 10.4. The molecule has 2 amide bonds. The molecule has 0 aromatic carbocycles. The molecular formula is C44H84N2O7. The molecule has 0 bridgehead atoms. The number of aliphatic hydroxyl groups is 1. The Balaban J connectivity index is 4.22. The monoisotopic (exact) mass is 753 g/mol. The topological polar surface area (TPSA) is 142 Å². The van der Waals surface area contributed by atoms with E-state index in [4.69, 9.17) is 14.9 Å². The van der Waals surface area contributed by atoms with Gasteiger partial charge in [0.05, 0.1) is 13.2 Å². The van der Waals surface area contributed by atoms with Crippen molar-refractivity contribution in [2.45, 2.75) is 244 Å². The minimum absolute atomic E-state index is 0.00336. The highest BCUT2D eigenvalue weighted by atomic mass is 16.5. The van der Waals surface area contributed by atoms with Gasteiger partial charge in [0.25, 0.3) is 0 Å². The number of aliphatic hydroxyl groups excluding tert-OH is 1. The molecule has 0 aromatic heterocycles. The molecule has 2 unspecified atom stereocenters. The first-order valence-corrected chi connectivity index (χ1v) is 22.4. The quantitative estimate of drug-likeness (QED) is 0.0360. The van der Waals surface area contributed by atoms with Crippen LogP contribution in [-0.2, 0) is 23.9 Å². The molecule has 0 aliphatic heterocycles. The fourth-order valence-electron chi connectivity index (χ4n) is 6.89. The number of carboxylic acids is 1. The average molecular weight is 753 g/mol. The maximum atomic E-state index is 12.8. The minimum Gasteiger partial charge on any atom is -0.480 e. The van der Waals surface area contributed by atoms with Gasteiger partial charge in [0, 0.05) is 12.8 Å². The first-order chi connectivity index (χ1) is 25.8. The zero-order valence-electron chi connectivity index (χ0n) is 34.5. The zero-order chi connectivity index (χ0) is 39.0. The van der Waals surface area contributed by atoms with Crippen LogP contribution in [-0.4, -0.2) is 59.3 Å². The summed E-state index contributed by atoms with van der Waals surface area (Å²) in [5, 5.41) is 22.6. The lowest BCUT2D eigenvalue weighted by molar-refractivity contribution is -0.150. The first-order valence-electron chi connectivity index (χ1n) is 22.4. The molecule has 0 saturated heterocycles. The molecule has 0 spiro atoms. The van der Waals surface area contributed by atoms with Gasteiger partial charge >= 0.3 is 11.9 Å². The molecule has 2 atom stereocenters. The first kappa shape index (κ1) is 50.8. The van der Waals surface area contributed by atoms with Crippen LogP contribution in [0.1, 0.15) is 232 Å². The Hall–Kier alpha value is -2.16. The van der Waals surface area contributed by atoms with Gasteiger partial charge in [0.1, 0.15) is 12.1 Å². The second kappa shape index (κ2) is 39.5. The van der Waals surface area contributed by atoms with Crippen molar-refractivity contribution < 1.29 is 34.1 Å². The number of aliphatic carboxylic acids is 1. The summed E-state index contributed by atoms with van der Waals surface area (Å²) in [5.74, 6) is -2.27. The van der Waals surface area contributed by atoms with E-state index < -0.39 is 24.5 Å². The largest absolute Gasteiger partial charge is 0.480 e. The van der Waals surface area contributed by atoms with Gasteiger partial charge in [-0.05, 0) is 38.5 Å². The molecule has 4 N–H and O–H groups in total. The van der Waals surface area contributed by atoms with Crippen molar-refractivity contribution in [3.63, 3.8) is 0 Å². The van der Waals surface area contributed by atoms with E-state index in [1.807, 2.05) is 0 Å². The van der Waals surface area contributed by atoms with E-state index in [-0.39, 0.29) is 24.5 Å². The van der Waals surface area contributed by atoms with Gasteiger partial charge in [-0.2, -0.15) is 0 Å². The van der Waals surface area contributed by atoms with Crippen molar-refractivity contribution >= 4 is 23.8 Å². The molecule has 0 radical (unpaired) electrons. The van der Waals surface area contributed by atoms with Crippen LogP contribution in [0.15, 0.2) is 0 Å². The lowest BCUT2D eigenvalue weighted by atomic mass is 10.0. The second-order valence-electron chi connectivity index (χ2n) is 15.5. The Kier molecular flexibility index (Phi) is 37.9. The Bertz CT molecular complexity index is 869. The second-order valence-corrected chi connectivity index (χ2v) is 15.5. The summed E-state index contributed by atoms with van der Waals surface area (Å²) in [6, 6.07) is -1.38. The van der Waals surface area contributed by atoms with Crippen LogP contribution >= 0.6 is 0 Å². The van der Waals surface area contributed by atoms with Crippen molar-refractivity contribution in [1.29, 1.82) is 0 Å². The number of hydrogen-bond acceptors (Lipinski definition) is 6. The lowest BCUT2D eigenvalue weighted by Gasteiger charge is -2.18. The highest BCUT2D eigenvalue weighted by Crippen LogP contribution is 2.19. The standard InChI is InChI=1S/C44H84N2O7/c1-3-5-7-9-11-13-15-16-17-18-19-21-23-28-32-36-43(50)53-39(33-29-25-22-20-14-12-10-8-6-4-2)34-30-26-24-27-31-35-41(48)45-37-42(49)46-40(38-47)44(51)52/h39-40,47H,3-38H2,1-2H3,(H,45,48)(H,46,49)(H,51,52). The summed E-state index contributed by atoms with van der Waals surface area (Å²) >= 11 is 0. The number of carbonyl (C=O) groups excluding carboxylic acids is 3. The van der Waals surface area contributed by atoms with E-state index >= 15 is 0 Å². The summed E-state index contributed by atoms with van der Waals surface area (Å²) in [7, 11) is 0. The number of carboxylic acid groups (broad SMARTS) is 1. The van der Waals surface area contributed by atoms with Gasteiger partial charge < -0.3 is 25.6 Å². The maximum Gasteiger partial charge on any atom is 0.328 e. The summed E-state index contributed by atoms with van der Waals surface area (Å²) in [4.78, 5) is 47.5. The van der Waals surface area contributed by atoms with Crippen LogP contribution in [0.3, 0.4) is 0 Å². The molecule has 53 heavy (non-hydrogen) atoms. The lowest BCUT2D eigenvalue weighted by Crippen LogP contribution is -2.47. The molecule has 312 valence electrons. The predicted octanol–water partition coefficient (Wildman–Crippen LogP) is 10.9. The van der Waals surface area contributed by atoms with Crippen LogP contribution in [0.5, 0.6) is 0 Å². The minimum atomic E-state index is -1.38. The number of hydrogen-bond donors (Lipinski definition) is 4. The Morgan fingerprint density at radius 3 is 1.23 bits per heavy atom. The van der Waals surface area contributed by atoms with Gasteiger partial charge in [0.15, 0.2) is 0 Å². The van der Waals surface area contributed by atoms with E-state index in [1.165, 1.54) is 141 Å². The van der Waals surface area contributed by atoms with E-state index in [0.29, 0.717) is 19.3 Å². The third kappa shape index (κ3) is 36.6. The van der Waals surface area contributed by atoms with E-state index in [0.717, 1.165) is 57.8 Å². The predicted molar refractivity (Wildman–Crippen MR) is 218 cm³/mol. The van der Waals surface area contributed by atoms with Gasteiger partial charge in [-0.25, -0.2) is 4.79 Å². The number of ether oxygens (including phenoxy) is 1. The fraction of sp³-hybridized carbons (Fsp3) is 0.909. The number of carbonyl (C=O) groups is 4. The smallest absolute Gasteiger partial charge is 0.328 e. The summed E-state index contributed by atoms with van der Waals surface area (Å²) in [5.41, 5.74) is 0. The highest BCUT2D eigenvalue weighted by molar-refractivity contribution is 5.87. The zero-order valence-corrected chi connectivity index (χ0v) is 34.5. The molecule has 0 aliphatic carbocycles. The Morgan fingerprint density at radius 1 is 0.491 bits per heavy atom. The molecule has 0 fully saturated rings. The molecule has 0 rings (SSSR count). The molecule has 9 nitrogen and oxygen atoms in total. The average Bonchev–Trinajstić information content (AvgIpc) is 3.14. The molecule has 9 heteroatoms. The van der Waals surface area contributed by atoms with E-state index in [1.54, 1.807) is 0 Å².